The van der Waals surface area contributed by atoms with Crippen LogP contribution < -0.4 is 4.74 Å². The zero-order valence-electron chi connectivity index (χ0n) is 18.3. The van der Waals surface area contributed by atoms with Gasteiger partial charge in [0.15, 0.2) is 0 Å². The van der Waals surface area contributed by atoms with Crippen LogP contribution in [0, 0.1) is 12.8 Å². The Hall–Kier alpha value is -2.60. The molecule has 0 bridgehead atoms. The summed E-state index contributed by atoms with van der Waals surface area (Å²) in [6.45, 7) is 6.68. The average Bonchev–Trinajstić information content (AvgIpc) is 3.47. The Morgan fingerprint density at radius 1 is 1.23 bits per heavy atom. The molecule has 2 aromatic rings. The van der Waals surface area contributed by atoms with Gasteiger partial charge >= 0.3 is 0 Å². The van der Waals surface area contributed by atoms with Crippen molar-refractivity contribution in [1.29, 1.82) is 0 Å². The molecule has 5 nitrogen and oxygen atoms in total. The molecule has 1 aliphatic heterocycles. The number of hydrogen-bond acceptors (Lipinski definition) is 5. The Bertz CT molecular complexity index is 1020. The third kappa shape index (κ3) is 4.13. The molecule has 1 aliphatic carbocycles. The third-order valence-corrected chi connectivity index (χ3v) is 7.11. The number of Topliss-reactive ketones (excluding diaryl/α,β-unsaturated/α-hetero) is 1. The van der Waals surface area contributed by atoms with E-state index in [-0.39, 0.29) is 17.4 Å². The summed E-state index contributed by atoms with van der Waals surface area (Å²) in [4.78, 5) is 29.0. The van der Waals surface area contributed by atoms with Gasteiger partial charge in [-0.25, -0.2) is 0 Å². The Balaban J connectivity index is 1.80. The van der Waals surface area contributed by atoms with Crippen LogP contribution in [0.1, 0.15) is 61.6 Å². The van der Waals surface area contributed by atoms with Gasteiger partial charge in [-0.05, 0) is 54.8 Å². The van der Waals surface area contributed by atoms with Crippen molar-refractivity contribution < 1.29 is 19.4 Å². The lowest BCUT2D eigenvalue weighted by Crippen LogP contribution is -2.37. The first-order valence-electron chi connectivity index (χ1n) is 11.0. The first-order chi connectivity index (χ1) is 14.9. The van der Waals surface area contributed by atoms with Gasteiger partial charge in [-0.3, -0.25) is 9.59 Å². The summed E-state index contributed by atoms with van der Waals surface area (Å²) < 4.78 is 5.80. The average molecular weight is 440 g/mol. The van der Waals surface area contributed by atoms with Crippen molar-refractivity contribution in [3.8, 4) is 5.75 Å². The summed E-state index contributed by atoms with van der Waals surface area (Å²) in [6.07, 6.45) is 3.90. The molecule has 1 saturated heterocycles. The molecular formula is C25H29NO4S. The first kappa shape index (κ1) is 21.6. The number of ether oxygens (including phenoxy) is 1. The predicted octanol–water partition coefficient (Wildman–Crippen LogP) is 5.46. The predicted molar refractivity (Wildman–Crippen MR) is 122 cm³/mol. The summed E-state index contributed by atoms with van der Waals surface area (Å²) >= 11 is 1.53. The lowest BCUT2D eigenvalue weighted by molar-refractivity contribution is -0.141. The number of aliphatic hydroxyl groups excluding tert-OH is 1. The molecule has 2 heterocycles. The highest BCUT2D eigenvalue weighted by Crippen LogP contribution is 2.45. The molecule has 1 aromatic carbocycles. The number of likely N-dealkylation sites (tertiary alicyclic amines) is 1. The van der Waals surface area contributed by atoms with E-state index in [0.717, 1.165) is 36.1 Å². The van der Waals surface area contributed by atoms with Crippen LogP contribution in [-0.4, -0.2) is 34.3 Å². The minimum atomic E-state index is -0.601. The molecule has 164 valence electrons. The van der Waals surface area contributed by atoms with Crippen molar-refractivity contribution in [2.24, 2.45) is 5.92 Å². The van der Waals surface area contributed by atoms with Crippen LogP contribution in [0.15, 0.2) is 41.3 Å². The summed E-state index contributed by atoms with van der Waals surface area (Å²) in [5, 5.41) is 13.2. The van der Waals surface area contributed by atoms with Crippen LogP contribution >= 0.6 is 11.3 Å². The first-order valence-corrected chi connectivity index (χ1v) is 11.8. The lowest BCUT2D eigenvalue weighted by atomic mass is 9.97. The quantitative estimate of drug-likeness (QED) is 0.369. The zero-order valence-corrected chi connectivity index (χ0v) is 19.1. The zero-order chi connectivity index (χ0) is 22.1. The van der Waals surface area contributed by atoms with Crippen LogP contribution in [0.5, 0.6) is 5.75 Å². The molecule has 6 heteroatoms. The number of amides is 1. The van der Waals surface area contributed by atoms with Crippen LogP contribution in [0.2, 0.25) is 0 Å². The Labute approximate surface area is 187 Å². The van der Waals surface area contributed by atoms with Crippen LogP contribution in [0.3, 0.4) is 0 Å². The fourth-order valence-corrected chi connectivity index (χ4v) is 5.52. The number of aliphatic hydroxyl groups is 1. The number of ketones is 1. The molecule has 1 N–H and O–H groups in total. The SMILES string of the molecule is Cc1ccsc1C1/C(=C(/O)c2cccc(OCC(C)C)c2)C(=O)C(=O)N1C1CCCC1. The van der Waals surface area contributed by atoms with E-state index in [1.165, 1.54) is 11.3 Å². The van der Waals surface area contributed by atoms with E-state index >= 15 is 0 Å². The summed E-state index contributed by atoms with van der Waals surface area (Å²) in [6, 6.07) is 8.60. The van der Waals surface area contributed by atoms with Crippen molar-refractivity contribution in [1.82, 2.24) is 4.90 Å². The van der Waals surface area contributed by atoms with E-state index in [1.807, 2.05) is 24.4 Å². The molecule has 1 saturated carbocycles. The summed E-state index contributed by atoms with van der Waals surface area (Å²) in [7, 11) is 0. The highest BCUT2D eigenvalue weighted by Gasteiger charge is 2.50. The number of carbonyl (C=O) groups excluding carboxylic acids is 2. The third-order valence-electron chi connectivity index (χ3n) is 6.04. The number of rotatable bonds is 6. The van der Waals surface area contributed by atoms with Gasteiger partial charge in [0.1, 0.15) is 17.6 Å². The fraction of sp³-hybridized carbons (Fsp3) is 0.440. The molecule has 1 aromatic heterocycles. The maximum Gasteiger partial charge on any atom is 0.295 e. The molecular weight excluding hydrogens is 410 g/mol. The second kappa shape index (κ2) is 8.87. The van der Waals surface area contributed by atoms with Crippen molar-refractivity contribution in [3.63, 3.8) is 0 Å². The number of carbonyl (C=O) groups is 2. The molecule has 2 aliphatic rings. The van der Waals surface area contributed by atoms with Gasteiger partial charge < -0.3 is 14.7 Å². The Kier molecular flexibility index (Phi) is 6.19. The van der Waals surface area contributed by atoms with Crippen LogP contribution in [-0.2, 0) is 9.59 Å². The highest BCUT2D eigenvalue weighted by atomic mass is 32.1. The number of aryl methyl sites for hydroxylation is 1. The normalized spacial score (nSPS) is 21.4. The van der Waals surface area contributed by atoms with E-state index in [1.54, 1.807) is 23.1 Å². The van der Waals surface area contributed by atoms with Gasteiger partial charge in [-0.15, -0.1) is 11.3 Å². The van der Waals surface area contributed by atoms with Gasteiger partial charge in [0.25, 0.3) is 11.7 Å². The minimum Gasteiger partial charge on any atom is -0.507 e. The molecule has 1 atom stereocenters. The second-order valence-electron chi connectivity index (χ2n) is 8.85. The topological polar surface area (TPSA) is 66.8 Å². The fourth-order valence-electron chi connectivity index (χ4n) is 4.48. The van der Waals surface area contributed by atoms with Gasteiger partial charge in [0.2, 0.25) is 0 Å². The largest absolute Gasteiger partial charge is 0.507 e. The van der Waals surface area contributed by atoms with Crippen molar-refractivity contribution >= 4 is 28.8 Å². The summed E-state index contributed by atoms with van der Waals surface area (Å²) in [5.74, 6) is -0.233. The molecule has 31 heavy (non-hydrogen) atoms. The van der Waals surface area contributed by atoms with Gasteiger partial charge in [0, 0.05) is 16.5 Å². The molecule has 1 amide bonds. The molecule has 0 spiro atoms. The Morgan fingerprint density at radius 2 is 1.97 bits per heavy atom. The van der Waals surface area contributed by atoms with E-state index in [0.29, 0.717) is 23.8 Å². The van der Waals surface area contributed by atoms with Gasteiger partial charge in [0.05, 0.1) is 12.2 Å². The monoisotopic (exact) mass is 439 g/mol. The molecule has 1 unspecified atom stereocenters. The van der Waals surface area contributed by atoms with Crippen LogP contribution in [0.4, 0.5) is 0 Å². The molecule has 2 fully saturated rings. The number of hydrogen-bond donors (Lipinski definition) is 1. The minimum absolute atomic E-state index is 0.0361. The standard InChI is InChI=1S/C25H29NO4S/c1-15(2)14-30-19-10-6-7-17(13-19)22(27)20-21(24-16(3)11-12-31-24)26(25(29)23(20)28)18-8-4-5-9-18/h6-7,10-13,15,18,21,27H,4-5,8-9,14H2,1-3H3/b22-20-. The van der Waals surface area contributed by atoms with Gasteiger partial charge in [-0.2, -0.15) is 0 Å². The van der Waals surface area contributed by atoms with Crippen molar-refractivity contribution in [2.45, 2.75) is 58.5 Å². The van der Waals surface area contributed by atoms with Crippen molar-refractivity contribution in [2.75, 3.05) is 6.61 Å². The summed E-state index contributed by atoms with van der Waals surface area (Å²) in [5.41, 5.74) is 1.70. The number of nitrogens with zero attached hydrogens (tertiary/aromatic N) is 1. The Morgan fingerprint density at radius 3 is 2.61 bits per heavy atom. The molecule has 0 radical (unpaired) electrons. The number of thiophene rings is 1. The van der Waals surface area contributed by atoms with E-state index in [2.05, 4.69) is 13.8 Å². The second-order valence-corrected chi connectivity index (χ2v) is 9.79. The lowest BCUT2D eigenvalue weighted by Gasteiger charge is -2.30. The maximum absolute atomic E-state index is 13.2. The smallest absolute Gasteiger partial charge is 0.295 e. The molecule has 4 rings (SSSR count). The maximum atomic E-state index is 13.2. The van der Waals surface area contributed by atoms with Crippen LogP contribution in [0.25, 0.3) is 5.76 Å². The van der Waals surface area contributed by atoms with Crippen molar-refractivity contribution in [3.05, 3.63) is 57.3 Å². The van der Waals surface area contributed by atoms with E-state index < -0.39 is 17.7 Å². The highest BCUT2D eigenvalue weighted by molar-refractivity contribution is 7.10. The van der Waals surface area contributed by atoms with E-state index in [4.69, 9.17) is 4.74 Å². The van der Waals surface area contributed by atoms with Gasteiger partial charge in [-0.1, -0.05) is 38.8 Å². The number of benzene rings is 1. The van der Waals surface area contributed by atoms with E-state index in [9.17, 15) is 14.7 Å².